The van der Waals surface area contributed by atoms with Crippen molar-refractivity contribution in [3.05, 3.63) is 56.4 Å². The van der Waals surface area contributed by atoms with Crippen molar-refractivity contribution in [2.24, 2.45) is 0 Å². The molecular weight excluding hydrogens is 520 g/mol. The van der Waals surface area contributed by atoms with Gasteiger partial charge >= 0.3 is 0 Å². The Morgan fingerprint density at radius 2 is 1.94 bits per heavy atom. The summed E-state index contributed by atoms with van der Waals surface area (Å²) in [5.41, 5.74) is 1.15. The third-order valence-electron chi connectivity index (χ3n) is 4.23. The molecule has 1 N–H and O–H groups in total. The zero-order chi connectivity index (χ0) is 23.4. The minimum atomic E-state index is -0.526. The van der Waals surface area contributed by atoms with E-state index in [1.165, 1.54) is 13.2 Å². The van der Waals surface area contributed by atoms with Gasteiger partial charge in [0, 0.05) is 5.69 Å². The van der Waals surface area contributed by atoms with Crippen LogP contribution in [0.4, 0.5) is 10.5 Å². The summed E-state index contributed by atoms with van der Waals surface area (Å²) in [5.74, 6) is 0.103. The molecule has 168 valence electrons. The summed E-state index contributed by atoms with van der Waals surface area (Å²) < 4.78 is 11.5. The Hall–Kier alpha value is -2.49. The Labute approximate surface area is 203 Å². The number of thioether (sulfide) groups is 1. The lowest BCUT2D eigenvalue weighted by Crippen LogP contribution is -2.36. The molecule has 7 nitrogen and oxygen atoms in total. The standard InChI is InChI=1S/C22H20BrClN2O5S/c1-12(2)31-17-6-4-13(8-15(17)23)9-19-21(28)26(22(29)32-19)11-20(27)25-14-5-7-18(30-3)16(24)10-14/h4-10,12H,11H2,1-3H3,(H,25,27)/b19-9-. The van der Waals surface area contributed by atoms with Crippen LogP contribution in [0, 0.1) is 0 Å². The molecule has 0 unspecified atom stereocenters. The van der Waals surface area contributed by atoms with Gasteiger partial charge in [0.25, 0.3) is 11.1 Å². The third-order valence-corrected chi connectivity index (χ3v) is 6.05. The van der Waals surface area contributed by atoms with Crippen molar-refractivity contribution in [1.82, 2.24) is 4.90 Å². The smallest absolute Gasteiger partial charge is 0.294 e. The SMILES string of the molecule is COc1ccc(NC(=O)CN2C(=O)S/C(=C\c3ccc(OC(C)C)c(Br)c3)C2=O)cc1Cl. The van der Waals surface area contributed by atoms with E-state index in [4.69, 9.17) is 21.1 Å². The number of hydrogen-bond acceptors (Lipinski definition) is 6. The Balaban J connectivity index is 1.68. The van der Waals surface area contributed by atoms with Crippen LogP contribution in [0.3, 0.4) is 0 Å². The lowest BCUT2D eigenvalue weighted by atomic mass is 10.2. The number of hydrogen-bond donors (Lipinski definition) is 1. The molecule has 1 saturated heterocycles. The van der Waals surface area contributed by atoms with E-state index in [-0.39, 0.29) is 11.0 Å². The van der Waals surface area contributed by atoms with Crippen molar-refractivity contribution in [3.8, 4) is 11.5 Å². The Morgan fingerprint density at radius 3 is 2.56 bits per heavy atom. The van der Waals surface area contributed by atoms with Crippen LogP contribution < -0.4 is 14.8 Å². The second kappa shape index (κ2) is 10.4. The average Bonchev–Trinajstić information content (AvgIpc) is 2.97. The van der Waals surface area contributed by atoms with Gasteiger partial charge in [-0.15, -0.1) is 0 Å². The van der Waals surface area contributed by atoms with E-state index >= 15 is 0 Å². The molecule has 1 heterocycles. The van der Waals surface area contributed by atoms with Crippen LogP contribution >= 0.6 is 39.3 Å². The molecule has 0 spiro atoms. The van der Waals surface area contributed by atoms with E-state index in [1.807, 2.05) is 13.8 Å². The van der Waals surface area contributed by atoms with Gasteiger partial charge in [-0.3, -0.25) is 19.3 Å². The van der Waals surface area contributed by atoms with Crippen LogP contribution in [0.5, 0.6) is 11.5 Å². The molecule has 3 rings (SSSR count). The Kier molecular flexibility index (Phi) is 7.86. The fourth-order valence-electron chi connectivity index (χ4n) is 2.83. The van der Waals surface area contributed by atoms with Crippen LogP contribution in [-0.4, -0.2) is 41.7 Å². The number of methoxy groups -OCH3 is 1. The van der Waals surface area contributed by atoms with Gasteiger partial charge < -0.3 is 14.8 Å². The topological polar surface area (TPSA) is 84.9 Å². The van der Waals surface area contributed by atoms with Crippen LogP contribution in [-0.2, 0) is 9.59 Å². The summed E-state index contributed by atoms with van der Waals surface area (Å²) in [4.78, 5) is 38.6. The molecule has 0 bridgehead atoms. The summed E-state index contributed by atoms with van der Waals surface area (Å²) in [6.45, 7) is 3.45. The maximum Gasteiger partial charge on any atom is 0.294 e. The van der Waals surface area contributed by atoms with E-state index in [0.717, 1.165) is 26.7 Å². The number of amides is 3. The first-order chi connectivity index (χ1) is 15.2. The normalized spacial score (nSPS) is 14.9. The molecule has 2 aromatic rings. The van der Waals surface area contributed by atoms with Crippen molar-refractivity contribution in [1.29, 1.82) is 0 Å². The lowest BCUT2D eigenvalue weighted by molar-refractivity contribution is -0.127. The molecule has 1 aliphatic rings. The molecule has 2 aromatic carbocycles. The second-order valence-corrected chi connectivity index (χ2v) is 9.28. The van der Waals surface area contributed by atoms with Crippen molar-refractivity contribution < 1.29 is 23.9 Å². The highest BCUT2D eigenvalue weighted by molar-refractivity contribution is 9.10. The molecule has 0 atom stereocenters. The monoisotopic (exact) mass is 538 g/mol. The highest BCUT2D eigenvalue weighted by Gasteiger charge is 2.36. The predicted molar refractivity (Wildman–Crippen MR) is 129 cm³/mol. The maximum atomic E-state index is 12.7. The number of rotatable bonds is 7. The number of nitrogens with zero attached hydrogens (tertiary/aromatic N) is 1. The summed E-state index contributed by atoms with van der Waals surface area (Å²) in [6.07, 6.45) is 1.63. The predicted octanol–water partition coefficient (Wildman–Crippen LogP) is 5.57. The molecule has 0 aromatic heterocycles. The van der Waals surface area contributed by atoms with Crippen LogP contribution in [0.15, 0.2) is 45.8 Å². The Bertz CT molecular complexity index is 1110. The van der Waals surface area contributed by atoms with Gasteiger partial charge in [0.2, 0.25) is 5.91 Å². The first-order valence-corrected chi connectivity index (χ1v) is 11.5. The van der Waals surface area contributed by atoms with Crippen LogP contribution in [0.1, 0.15) is 19.4 Å². The third kappa shape index (κ3) is 5.85. The second-order valence-electron chi connectivity index (χ2n) is 7.02. The van der Waals surface area contributed by atoms with E-state index in [9.17, 15) is 14.4 Å². The highest BCUT2D eigenvalue weighted by atomic mass is 79.9. The van der Waals surface area contributed by atoms with Crippen LogP contribution in [0.2, 0.25) is 5.02 Å². The molecule has 10 heteroatoms. The van der Waals surface area contributed by atoms with Crippen molar-refractivity contribution in [2.75, 3.05) is 19.0 Å². The van der Waals surface area contributed by atoms with Crippen LogP contribution in [0.25, 0.3) is 6.08 Å². The molecule has 1 aliphatic heterocycles. The van der Waals surface area contributed by atoms with Gasteiger partial charge in [-0.25, -0.2) is 0 Å². The molecule has 0 saturated carbocycles. The number of carbonyl (C=O) groups is 3. The van der Waals surface area contributed by atoms with E-state index in [1.54, 1.807) is 36.4 Å². The number of benzene rings is 2. The van der Waals surface area contributed by atoms with Crippen molar-refractivity contribution in [3.63, 3.8) is 0 Å². The number of nitrogens with one attached hydrogen (secondary N) is 1. The van der Waals surface area contributed by atoms with Crippen molar-refractivity contribution >= 4 is 68.1 Å². The number of anilines is 1. The average molecular weight is 540 g/mol. The lowest BCUT2D eigenvalue weighted by Gasteiger charge is -2.13. The van der Waals surface area contributed by atoms with Gasteiger partial charge in [-0.05, 0) is 83.5 Å². The van der Waals surface area contributed by atoms with Crippen molar-refractivity contribution in [2.45, 2.75) is 20.0 Å². The summed E-state index contributed by atoms with van der Waals surface area (Å²) >= 11 is 10.3. The Morgan fingerprint density at radius 1 is 1.22 bits per heavy atom. The fraction of sp³-hybridized carbons (Fsp3) is 0.227. The maximum absolute atomic E-state index is 12.7. The van der Waals surface area contributed by atoms with E-state index in [2.05, 4.69) is 21.2 Å². The zero-order valence-corrected chi connectivity index (χ0v) is 20.6. The molecule has 0 radical (unpaired) electrons. The molecule has 32 heavy (non-hydrogen) atoms. The number of imide groups is 1. The van der Waals surface area contributed by atoms with Gasteiger partial charge in [0.1, 0.15) is 18.0 Å². The minimum Gasteiger partial charge on any atom is -0.495 e. The molecule has 3 amide bonds. The number of carbonyl (C=O) groups excluding carboxylic acids is 3. The minimum absolute atomic E-state index is 0.0220. The molecule has 1 fully saturated rings. The zero-order valence-electron chi connectivity index (χ0n) is 17.5. The summed E-state index contributed by atoms with van der Waals surface area (Å²) in [6, 6.07) is 10.1. The largest absolute Gasteiger partial charge is 0.495 e. The van der Waals surface area contributed by atoms with Gasteiger partial charge in [-0.2, -0.15) is 0 Å². The number of halogens is 2. The fourth-order valence-corrected chi connectivity index (χ4v) is 4.42. The van der Waals surface area contributed by atoms with Gasteiger partial charge in [0.15, 0.2) is 0 Å². The van der Waals surface area contributed by atoms with E-state index in [0.29, 0.717) is 22.2 Å². The number of ether oxygens (including phenoxy) is 2. The molecule has 0 aliphatic carbocycles. The summed E-state index contributed by atoms with van der Waals surface area (Å²) in [5, 5.41) is 2.44. The van der Waals surface area contributed by atoms with Gasteiger partial charge in [-0.1, -0.05) is 17.7 Å². The van der Waals surface area contributed by atoms with E-state index < -0.39 is 23.6 Å². The highest BCUT2D eigenvalue weighted by Crippen LogP contribution is 2.34. The molecular formula is C22H20BrClN2O5S. The quantitative estimate of drug-likeness (QED) is 0.463. The first-order valence-electron chi connectivity index (χ1n) is 9.53. The van der Waals surface area contributed by atoms with Gasteiger partial charge in [0.05, 0.1) is 27.6 Å². The first kappa shape index (κ1) is 24.2. The summed E-state index contributed by atoms with van der Waals surface area (Å²) in [7, 11) is 1.49.